The van der Waals surface area contributed by atoms with Gasteiger partial charge in [0.1, 0.15) is 6.54 Å². The van der Waals surface area contributed by atoms with E-state index in [0.717, 1.165) is 35.1 Å². The monoisotopic (exact) mass is 375 g/mol. The van der Waals surface area contributed by atoms with Crippen molar-refractivity contribution in [2.24, 2.45) is 0 Å². The molecule has 4 rings (SSSR count). The summed E-state index contributed by atoms with van der Waals surface area (Å²) in [4.78, 5) is 29.2. The number of aryl methyl sites for hydroxylation is 2. The van der Waals surface area contributed by atoms with E-state index in [2.05, 4.69) is 20.0 Å². The van der Waals surface area contributed by atoms with Crippen molar-refractivity contribution in [3.63, 3.8) is 0 Å². The number of nitrogens with zero attached hydrogens (tertiary/aromatic N) is 4. The van der Waals surface area contributed by atoms with Crippen molar-refractivity contribution in [3.8, 4) is 0 Å². The number of fused-ring (bicyclic) bond motifs is 2. The number of rotatable bonds is 6. The van der Waals surface area contributed by atoms with Crippen LogP contribution in [0, 0.1) is 6.92 Å². The molecule has 0 atom stereocenters. The highest BCUT2D eigenvalue weighted by molar-refractivity contribution is 5.83. The van der Waals surface area contributed by atoms with Gasteiger partial charge in [0.05, 0.1) is 28.4 Å². The van der Waals surface area contributed by atoms with Crippen LogP contribution in [0.3, 0.4) is 0 Å². The molecule has 7 nitrogen and oxygen atoms in total. The molecule has 28 heavy (non-hydrogen) atoms. The second-order valence-corrected chi connectivity index (χ2v) is 6.72. The smallest absolute Gasteiger partial charge is 0.275 e. The van der Waals surface area contributed by atoms with E-state index in [-0.39, 0.29) is 18.0 Å². The molecule has 0 aliphatic rings. The van der Waals surface area contributed by atoms with Crippen LogP contribution in [-0.4, -0.2) is 31.8 Å². The number of para-hydroxylation sites is 2. The van der Waals surface area contributed by atoms with Crippen molar-refractivity contribution in [1.82, 2.24) is 24.6 Å². The summed E-state index contributed by atoms with van der Waals surface area (Å²) >= 11 is 0. The maximum atomic E-state index is 12.5. The first-order valence-electron chi connectivity index (χ1n) is 9.26. The maximum absolute atomic E-state index is 12.5. The highest BCUT2D eigenvalue weighted by Gasteiger charge is 2.10. The molecule has 0 radical (unpaired) electrons. The highest BCUT2D eigenvalue weighted by atomic mass is 16.2. The standard InChI is InChI=1S/C21H21N5O2/c1-15-16-7-2-3-8-17(16)21(28)26(24-15)13-20(27)22-11-6-12-25-14-23-18-9-4-5-10-19(18)25/h2-5,7-10,14H,6,11-13H2,1H3,(H,22,27). The minimum Gasteiger partial charge on any atom is -0.354 e. The van der Waals surface area contributed by atoms with Crippen molar-refractivity contribution < 1.29 is 4.79 Å². The van der Waals surface area contributed by atoms with Crippen LogP contribution in [0.1, 0.15) is 12.1 Å². The lowest BCUT2D eigenvalue weighted by molar-refractivity contribution is -0.121. The quantitative estimate of drug-likeness (QED) is 0.524. The number of carbonyl (C=O) groups is 1. The molecule has 2 aromatic heterocycles. The Labute approximate surface area is 161 Å². The van der Waals surface area contributed by atoms with Crippen molar-refractivity contribution in [3.05, 3.63) is 70.9 Å². The minimum absolute atomic E-state index is 0.0848. The summed E-state index contributed by atoms with van der Waals surface area (Å²) in [6, 6.07) is 15.3. The summed E-state index contributed by atoms with van der Waals surface area (Å²) < 4.78 is 3.30. The SMILES string of the molecule is Cc1nn(CC(=O)NCCCn2cnc3ccccc32)c(=O)c2ccccc12. The van der Waals surface area contributed by atoms with E-state index < -0.39 is 0 Å². The third-order valence-electron chi connectivity index (χ3n) is 4.77. The van der Waals surface area contributed by atoms with Crippen LogP contribution in [0.25, 0.3) is 21.8 Å². The van der Waals surface area contributed by atoms with Gasteiger partial charge in [0.15, 0.2) is 0 Å². The van der Waals surface area contributed by atoms with Gasteiger partial charge in [-0.05, 0) is 31.5 Å². The van der Waals surface area contributed by atoms with Crippen molar-refractivity contribution in [2.75, 3.05) is 6.54 Å². The number of carbonyl (C=O) groups excluding carboxylic acids is 1. The molecule has 7 heteroatoms. The van der Waals surface area contributed by atoms with Crippen molar-refractivity contribution in [1.29, 1.82) is 0 Å². The van der Waals surface area contributed by atoms with Crippen molar-refractivity contribution >= 4 is 27.7 Å². The highest BCUT2D eigenvalue weighted by Crippen LogP contribution is 2.12. The van der Waals surface area contributed by atoms with Crippen LogP contribution in [0.4, 0.5) is 0 Å². The fourth-order valence-electron chi connectivity index (χ4n) is 3.37. The second-order valence-electron chi connectivity index (χ2n) is 6.72. The van der Waals surface area contributed by atoms with Gasteiger partial charge in [0.2, 0.25) is 5.91 Å². The fraction of sp³-hybridized carbons (Fsp3) is 0.238. The minimum atomic E-state index is -0.249. The average Bonchev–Trinajstić information content (AvgIpc) is 3.12. The zero-order valence-electron chi connectivity index (χ0n) is 15.6. The molecule has 142 valence electrons. The Morgan fingerprint density at radius 1 is 1.07 bits per heavy atom. The summed E-state index contributed by atoms with van der Waals surface area (Å²) in [6.07, 6.45) is 2.58. The zero-order chi connectivity index (χ0) is 19.5. The van der Waals surface area contributed by atoms with E-state index in [0.29, 0.717) is 11.9 Å². The molecule has 1 N–H and O–H groups in total. The van der Waals surface area contributed by atoms with Crippen LogP contribution in [-0.2, 0) is 17.9 Å². The second kappa shape index (κ2) is 7.64. The zero-order valence-corrected chi connectivity index (χ0v) is 15.6. The lowest BCUT2D eigenvalue weighted by Crippen LogP contribution is -2.34. The third kappa shape index (κ3) is 3.51. The first kappa shape index (κ1) is 17.9. The van der Waals surface area contributed by atoms with E-state index in [9.17, 15) is 9.59 Å². The lowest BCUT2D eigenvalue weighted by Gasteiger charge is -2.10. The summed E-state index contributed by atoms with van der Waals surface area (Å²) in [7, 11) is 0. The molecule has 0 saturated carbocycles. The predicted molar refractivity (Wildman–Crippen MR) is 108 cm³/mol. The van der Waals surface area contributed by atoms with Gasteiger partial charge in [-0.25, -0.2) is 9.67 Å². The summed E-state index contributed by atoms with van der Waals surface area (Å²) in [5, 5.41) is 8.53. The van der Waals surface area contributed by atoms with Gasteiger partial charge in [0.25, 0.3) is 5.56 Å². The maximum Gasteiger partial charge on any atom is 0.275 e. The normalized spacial score (nSPS) is 11.2. The van der Waals surface area contributed by atoms with Gasteiger partial charge in [-0.3, -0.25) is 9.59 Å². The number of benzene rings is 2. The molecule has 0 aliphatic carbocycles. The van der Waals surface area contributed by atoms with Crippen molar-refractivity contribution in [2.45, 2.75) is 26.4 Å². The van der Waals surface area contributed by atoms with Crippen LogP contribution in [0.15, 0.2) is 59.7 Å². The van der Waals surface area contributed by atoms with E-state index in [4.69, 9.17) is 0 Å². The molecule has 0 saturated heterocycles. The Hall–Kier alpha value is -3.48. The molecule has 0 fully saturated rings. The summed E-state index contributed by atoms with van der Waals surface area (Å²) in [5.41, 5.74) is 2.52. The van der Waals surface area contributed by atoms with Crippen LogP contribution in [0.2, 0.25) is 0 Å². The number of imidazole rings is 1. The summed E-state index contributed by atoms with van der Waals surface area (Å²) in [6.45, 7) is 3.03. The van der Waals surface area contributed by atoms with E-state index >= 15 is 0 Å². The molecule has 0 aliphatic heterocycles. The molecular weight excluding hydrogens is 354 g/mol. The largest absolute Gasteiger partial charge is 0.354 e. The predicted octanol–water partition coefficient (Wildman–Crippen LogP) is 2.26. The van der Waals surface area contributed by atoms with Gasteiger partial charge in [0, 0.05) is 18.5 Å². The fourth-order valence-corrected chi connectivity index (χ4v) is 3.37. The van der Waals surface area contributed by atoms with Gasteiger partial charge in [-0.1, -0.05) is 30.3 Å². The molecule has 2 aromatic carbocycles. The molecule has 0 spiro atoms. The van der Waals surface area contributed by atoms with Crippen LogP contribution < -0.4 is 10.9 Å². The number of hydrogen-bond acceptors (Lipinski definition) is 4. The van der Waals surface area contributed by atoms with Crippen LogP contribution >= 0.6 is 0 Å². The Bertz CT molecular complexity index is 1210. The Balaban J connectivity index is 1.35. The van der Waals surface area contributed by atoms with Gasteiger partial charge in [-0.2, -0.15) is 5.10 Å². The van der Waals surface area contributed by atoms with Gasteiger partial charge in [-0.15, -0.1) is 0 Å². The first-order valence-corrected chi connectivity index (χ1v) is 9.26. The lowest BCUT2D eigenvalue weighted by atomic mass is 10.1. The number of nitrogens with one attached hydrogen (secondary N) is 1. The summed E-state index contributed by atoms with van der Waals surface area (Å²) in [5.74, 6) is -0.222. The number of aromatic nitrogens is 4. The topological polar surface area (TPSA) is 81.8 Å². The van der Waals surface area contributed by atoms with E-state index in [1.807, 2.05) is 55.7 Å². The Morgan fingerprint density at radius 3 is 2.68 bits per heavy atom. The third-order valence-corrected chi connectivity index (χ3v) is 4.77. The Morgan fingerprint density at radius 2 is 1.82 bits per heavy atom. The number of amides is 1. The molecular formula is C21H21N5O2. The van der Waals surface area contributed by atoms with E-state index in [1.165, 1.54) is 4.68 Å². The first-order chi connectivity index (χ1) is 13.6. The van der Waals surface area contributed by atoms with E-state index in [1.54, 1.807) is 6.07 Å². The molecule has 4 aromatic rings. The average molecular weight is 375 g/mol. The molecule has 2 heterocycles. The van der Waals surface area contributed by atoms with Gasteiger partial charge < -0.3 is 9.88 Å². The van der Waals surface area contributed by atoms with Gasteiger partial charge >= 0.3 is 0 Å². The molecule has 0 bridgehead atoms. The molecule has 0 unspecified atom stereocenters. The van der Waals surface area contributed by atoms with Crippen LogP contribution in [0.5, 0.6) is 0 Å². The number of hydrogen-bond donors (Lipinski definition) is 1. The molecule has 1 amide bonds. The Kier molecular flexibility index (Phi) is 4.89.